The van der Waals surface area contributed by atoms with E-state index in [0.29, 0.717) is 59.2 Å². The van der Waals surface area contributed by atoms with E-state index in [2.05, 4.69) is 13.8 Å². The number of ether oxygens (including phenoxy) is 3. The molecule has 1 heterocycles. The summed E-state index contributed by atoms with van der Waals surface area (Å²) in [7, 11) is 0. The van der Waals surface area contributed by atoms with E-state index in [1.807, 2.05) is 34.6 Å². The highest BCUT2D eigenvalue weighted by Crippen LogP contribution is 2.73. The molecule has 16 unspecified atom stereocenters. The van der Waals surface area contributed by atoms with Crippen LogP contribution in [-0.2, 0) is 33.4 Å². The van der Waals surface area contributed by atoms with Crippen molar-refractivity contribution < 1.29 is 33.4 Å². The monoisotopic (exact) mass is 719 g/mol. The number of carbonyl (C=O) groups is 4. The van der Waals surface area contributed by atoms with Gasteiger partial charge in [0.2, 0.25) is 0 Å². The second-order valence-corrected chi connectivity index (χ2v) is 18.9. The van der Waals surface area contributed by atoms with Crippen molar-refractivity contribution in [3.8, 4) is 0 Å². The highest BCUT2D eigenvalue weighted by atomic mass is 16.6. The van der Waals surface area contributed by atoms with Crippen LogP contribution in [0.4, 0.5) is 0 Å². The van der Waals surface area contributed by atoms with E-state index < -0.39 is 40.4 Å². The number of carbonyl (C=O) groups excluding carboxylic acids is 4. The average Bonchev–Trinajstić information content (AvgIpc) is 3.77. The normalized spacial score (nSPS) is 44.7. The predicted octanol–water partition coefficient (Wildman–Crippen LogP) is 10.4. The van der Waals surface area contributed by atoms with E-state index in [1.54, 1.807) is 0 Å². The molecule has 1 saturated heterocycles. The van der Waals surface area contributed by atoms with Crippen LogP contribution in [0.3, 0.4) is 0 Å². The van der Waals surface area contributed by atoms with Gasteiger partial charge in [-0.25, -0.2) is 0 Å². The van der Waals surface area contributed by atoms with Crippen molar-refractivity contribution in [2.75, 3.05) is 0 Å². The number of hydrogen-bond acceptors (Lipinski definition) is 7. The molecule has 296 valence electrons. The minimum Gasteiger partial charge on any atom is -0.460 e. The number of cyclic esters (lactones) is 2. The Morgan fingerprint density at radius 2 is 1.41 bits per heavy atom. The van der Waals surface area contributed by atoms with Crippen molar-refractivity contribution in [2.24, 2.45) is 94.2 Å². The van der Waals surface area contributed by atoms with Gasteiger partial charge in [0.1, 0.15) is 11.2 Å². The number of hydrogen-bond donors (Lipinski definition) is 0. The molecular weight excluding hydrogens is 640 g/mol. The fourth-order valence-corrected chi connectivity index (χ4v) is 13.9. The lowest BCUT2D eigenvalue weighted by atomic mass is 9.57. The number of rotatable bonds is 6. The fraction of sp³-hybridized carbons (Fsp3) is 0.909. The first kappa shape index (κ1) is 45.2. The Balaban J connectivity index is 0.00000150. The summed E-state index contributed by atoms with van der Waals surface area (Å²) in [6.45, 7) is 14.0. The van der Waals surface area contributed by atoms with Crippen LogP contribution in [0.1, 0.15) is 151 Å². The van der Waals surface area contributed by atoms with Crippen LogP contribution in [0.25, 0.3) is 0 Å². The van der Waals surface area contributed by atoms with Gasteiger partial charge in [0.05, 0.1) is 23.2 Å². The van der Waals surface area contributed by atoms with Gasteiger partial charge in [-0.05, 0) is 158 Å². The molecule has 0 amide bonds. The largest absolute Gasteiger partial charge is 0.460 e. The van der Waals surface area contributed by atoms with Crippen LogP contribution in [0.15, 0.2) is 0 Å². The van der Waals surface area contributed by atoms with Crippen LogP contribution in [0.5, 0.6) is 0 Å². The lowest BCUT2D eigenvalue weighted by Crippen LogP contribution is -2.47. The SMILES string of the molecule is C.C.C.C.C.C.CC1C2CC(C1C1C(=O)OC(=O)C1CC(C)(C)C(=O)OC1(C)CC3CC1C1CCCC31)C1C3CC(CC3C(=O)OC(C)(C)C)C21. The molecule has 0 N–H and O–H groups in total. The van der Waals surface area contributed by atoms with Gasteiger partial charge >= 0.3 is 23.9 Å². The van der Waals surface area contributed by atoms with Crippen molar-refractivity contribution in [1.29, 1.82) is 0 Å². The van der Waals surface area contributed by atoms with Crippen LogP contribution in [-0.4, -0.2) is 35.1 Å². The maximum Gasteiger partial charge on any atom is 0.317 e. The molecule has 0 aromatic rings. The fourth-order valence-electron chi connectivity index (χ4n) is 13.9. The Hall–Kier alpha value is -1.92. The molecule has 7 nitrogen and oxygen atoms in total. The van der Waals surface area contributed by atoms with Gasteiger partial charge in [0.25, 0.3) is 0 Å². The van der Waals surface area contributed by atoms with Gasteiger partial charge in [0.15, 0.2) is 0 Å². The smallest absolute Gasteiger partial charge is 0.317 e. The van der Waals surface area contributed by atoms with Crippen molar-refractivity contribution >= 4 is 23.9 Å². The molecule has 0 aromatic heterocycles. The lowest BCUT2D eigenvalue weighted by Gasteiger charge is -2.46. The van der Waals surface area contributed by atoms with Gasteiger partial charge in [-0.15, -0.1) is 0 Å². The van der Waals surface area contributed by atoms with Gasteiger partial charge < -0.3 is 14.2 Å². The van der Waals surface area contributed by atoms with Gasteiger partial charge in [-0.2, -0.15) is 0 Å². The summed E-state index contributed by atoms with van der Waals surface area (Å²) in [5.41, 5.74) is -1.85. The summed E-state index contributed by atoms with van der Waals surface area (Å²) in [6.07, 6.45) is 9.32. The molecule has 8 fully saturated rings. The maximum atomic E-state index is 13.9. The Bertz CT molecular complexity index is 1310. The van der Waals surface area contributed by atoms with Crippen molar-refractivity contribution in [2.45, 2.75) is 162 Å². The molecule has 16 atom stereocenters. The quantitative estimate of drug-likeness (QED) is 0.117. The van der Waals surface area contributed by atoms with Crippen LogP contribution in [0.2, 0.25) is 0 Å². The standard InChI is InChI=1S/C38H54O7.6CH4/c1-17-22-14-25(30-23-11-18(29(22)30)12-24(23)33(40)44-36(2,3)4)28(17)31-26(32(39)43-34(31)41)16-37(5,6)35(42)45-38(7)15-19-13-27(38)21-10-8-9-20(19)21;;;;;;/h17-31H,8-16H2,1-7H3;6*1H4. The number of esters is 4. The van der Waals surface area contributed by atoms with E-state index >= 15 is 0 Å². The first-order valence-electron chi connectivity index (χ1n) is 18.3. The van der Waals surface area contributed by atoms with E-state index in [9.17, 15) is 19.2 Å². The predicted molar refractivity (Wildman–Crippen MR) is 205 cm³/mol. The third-order valence-electron chi connectivity index (χ3n) is 15.1. The minimum absolute atomic E-state index is 0. The second kappa shape index (κ2) is 14.7. The highest BCUT2D eigenvalue weighted by molar-refractivity contribution is 5.97. The molecule has 7 heteroatoms. The third kappa shape index (κ3) is 6.63. The van der Waals surface area contributed by atoms with E-state index in [0.717, 1.165) is 31.6 Å². The molecule has 0 radical (unpaired) electrons. The van der Waals surface area contributed by atoms with Gasteiger partial charge in [-0.1, -0.05) is 57.9 Å². The highest BCUT2D eigenvalue weighted by Gasteiger charge is 2.70. The average molecular weight is 719 g/mol. The van der Waals surface area contributed by atoms with Crippen molar-refractivity contribution in [3.05, 3.63) is 0 Å². The summed E-state index contributed by atoms with van der Waals surface area (Å²) in [5, 5.41) is 0. The summed E-state index contributed by atoms with van der Waals surface area (Å²) >= 11 is 0. The summed E-state index contributed by atoms with van der Waals surface area (Å²) in [5.74, 6) is 3.14. The molecule has 8 rings (SSSR count). The Kier molecular flexibility index (Phi) is 13.1. The first-order valence-corrected chi connectivity index (χ1v) is 18.3. The summed E-state index contributed by atoms with van der Waals surface area (Å²) in [4.78, 5) is 54.1. The topological polar surface area (TPSA) is 96.0 Å². The van der Waals surface area contributed by atoms with Crippen LogP contribution in [0, 0.1) is 94.2 Å². The molecule has 8 aliphatic rings. The maximum absolute atomic E-state index is 13.9. The van der Waals surface area contributed by atoms with Gasteiger partial charge in [-0.3, -0.25) is 19.2 Å². The first-order chi connectivity index (χ1) is 21.1. The Labute approximate surface area is 312 Å². The summed E-state index contributed by atoms with van der Waals surface area (Å²) < 4.78 is 17.7. The van der Waals surface area contributed by atoms with E-state index in [-0.39, 0.29) is 74.8 Å². The Morgan fingerprint density at radius 1 is 0.765 bits per heavy atom. The van der Waals surface area contributed by atoms with Crippen LogP contribution >= 0.6 is 0 Å². The molecule has 7 saturated carbocycles. The summed E-state index contributed by atoms with van der Waals surface area (Å²) in [6, 6.07) is 0. The van der Waals surface area contributed by atoms with E-state index in [4.69, 9.17) is 14.2 Å². The van der Waals surface area contributed by atoms with Crippen molar-refractivity contribution in [3.63, 3.8) is 0 Å². The van der Waals surface area contributed by atoms with Gasteiger partial charge in [0, 0.05) is 5.92 Å². The lowest BCUT2D eigenvalue weighted by molar-refractivity contribution is -0.179. The molecular formula is C44H78O7. The zero-order chi connectivity index (χ0) is 32.0. The zero-order valence-electron chi connectivity index (χ0n) is 28.4. The molecule has 6 bridgehead atoms. The van der Waals surface area contributed by atoms with Crippen molar-refractivity contribution in [1.82, 2.24) is 0 Å². The zero-order valence-corrected chi connectivity index (χ0v) is 28.4. The van der Waals surface area contributed by atoms with E-state index in [1.165, 1.54) is 25.7 Å². The van der Waals surface area contributed by atoms with Crippen LogP contribution < -0.4 is 0 Å². The molecule has 0 spiro atoms. The molecule has 1 aliphatic heterocycles. The molecule has 7 aliphatic carbocycles. The third-order valence-corrected chi connectivity index (χ3v) is 15.1. The Morgan fingerprint density at radius 3 is 2.06 bits per heavy atom. The second-order valence-electron chi connectivity index (χ2n) is 18.9. The number of fused-ring (bicyclic) bond motifs is 14. The minimum atomic E-state index is -0.913. The molecule has 0 aromatic carbocycles. The molecule has 51 heavy (non-hydrogen) atoms.